The minimum atomic E-state index is -0.0679. The molecule has 23 heavy (non-hydrogen) atoms. The molecule has 3 rings (SSSR count). The highest BCUT2D eigenvalue weighted by atomic mass is 35.5. The molecule has 3 heterocycles. The third-order valence-corrected chi connectivity index (χ3v) is 4.63. The lowest BCUT2D eigenvalue weighted by atomic mass is 9.96. The van der Waals surface area contributed by atoms with E-state index in [0.717, 1.165) is 45.4 Å². The van der Waals surface area contributed by atoms with Crippen molar-refractivity contribution in [1.29, 1.82) is 0 Å². The SMILES string of the molecule is CC1CC(CNC(=O)c2ccn(C3CCCNC3)n2)CCO1.Cl. The molecule has 7 heteroatoms. The molecule has 1 amide bonds. The monoisotopic (exact) mass is 342 g/mol. The zero-order valence-electron chi connectivity index (χ0n) is 13.7. The minimum absolute atomic E-state index is 0. The summed E-state index contributed by atoms with van der Waals surface area (Å²) in [6.07, 6.45) is 6.54. The van der Waals surface area contributed by atoms with Gasteiger partial charge in [0.25, 0.3) is 5.91 Å². The lowest BCUT2D eigenvalue weighted by Gasteiger charge is -2.27. The maximum atomic E-state index is 12.2. The van der Waals surface area contributed by atoms with Gasteiger partial charge in [-0.25, -0.2) is 0 Å². The van der Waals surface area contributed by atoms with E-state index in [1.807, 2.05) is 16.9 Å². The Morgan fingerprint density at radius 2 is 2.39 bits per heavy atom. The average Bonchev–Trinajstić information content (AvgIpc) is 3.04. The van der Waals surface area contributed by atoms with Crippen molar-refractivity contribution in [2.45, 2.75) is 44.8 Å². The first kappa shape index (κ1) is 18.2. The first-order valence-corrected chi connectivity index (χ1v) is 8.38. The zero-order valence-corrected chi connectivity index (χ0v) is 14.5. The van der Waals surface area contributed by atoms with E-state index >= 15 is 0 Å². The van der Waals surface area contributed by atoms with Crippen molar-refractivity contribution in [3.63, 3.8) is 0 Å². The van der Waals surface area contributed by atoms with Crippen LogP contribution in [0.15, 0.2) is 12.3 Å². The molecule has 0 spiro atoms. The van der Waals surface area contributed by atoms with Crippen LogP contribution in [-0.4, -0.2) is 48.0 Å². The summed E-state index contributed by atoms with van der Waals surface area (Å²) in [5.41, 5.74) is 0.519. The second-order valence-electron chi connectivity index (χ2n) is 6.46. The van der Waals surface area contributed by atoms with Crippen LogP contribution < -0.4 is 10.6 Å². The number of piperidine rings is 1. The third-order valence-electron chi connectivity index (χ3n) is 4.63. The van der Waals surface area contributed by atoms with Gasteiger partial charge in [-0.2, -0.15) is 5.10 Å². The second-order valence-corrected chi connectivity index (χ2v) is 6.46. The van der Waals surface area contributed by atoms with Crippen molar-refractivity contribution in [3.05, 3.63) is 18.0 Å². The number of hydrogen-bond donors (Lipinski definition) is 2. The third kappa shape index (κ3) is 4.93. The molecule has 6 nitrogen and oxygen atoms in total. The first-order valence-electron chi connectivity index (χ1n) is 8.38. The van der Waals surface area contributed by atoms with Gasteiger partial charge in [0, 0.05) is 25.9 Å². The number of nitrogens with zero attached hydrogens (tertiary/aromatic N) is 2. The zero-order chi connectivity index (χ0) is 15.4. The van der Waals surface area contributed by atoms with Crippen LogP contribution in [0.4, 0.5) is 0 Å². The van der Waals surface area contributed by atoms with Gasteiger partial charge >= 0.3 is 0 Å². The molecule has 0 aromatic carbocycles. The molecule has 130 valence electrons. The van der Waals surface area contributed by atoms with E-state index in [0.29, 0.717) is 30.3 Å². The highest BCUT2D eigenvalue weighted by molar-refractivity contribution is 5.92. The van der Waals surface area contributed by atoms with E-state index in [4.69, 9.17) is 4.74 Å². The van der Waals surface area contributed by atoms with Crippen LogP contribution in [-0.2, 0) is 4.74 Å². The summed E-state index contributed by atoms with van der Waals surface area (Å²) < 4.78 is 7.46. The Morgan fingerprint density at radius 3 is 3.13 bits per heavy atom. The molecule has 2 saturated heterocycles. The van der Waals surface area contributed by atoms with E-state index in [1.165, 1.54) is 0 Å². The summed E-state index contributed by atoms with van der Waals surface area (Å²) in [4.78, 5) is 12.2. The summed E-state index contributed by atoms with van der Waals surface area (Å²) in [5.74, 6) is 0.444. The first-order chi connectivity index (χ1) is 10.7. The molecular weight excluding hydrogens is 316 g/mol. The van der Waals surface area contributed by atoms with Gasteiger partial charge in [-0.05, 0) is 51.1 Å². The Labute approximate surface area is 143 Å². The van der Waals surface area contributed by atoms with Crippen LogP contribution in [0.2, 0.25) is 0 Å². The number of amides is 1. The molecule has 0 bridgehead atoms. The molecule has 0 saturated carbocycles. The Morgan fingerprint density at radius 1 is 1.52 bits per heavy atom. The van der Waals surface area contributed by atoms with Crippen LogP contribution in [0.5, 0.6) is 0 Å². The van der Waals surface area contributed by atoms with Gasteiger partial charge in [0.15, 0.2) is 0 Å². The highest BCUT2D eigenvalue weighted by Gasteiger charge is 2.21. The summed E-state index contributed by atoms with van der Waals surface area (Å²) >= 11 is 0. The van der Waals surface area contributed by atoms with E-state index in [-0.39, 0.29) is 18.3 Å². The van der Waals surface area contributed by atoms with Gasteiger partial charge < -0.3 is 15.4 Å². The quantitative estimate of drug-likeness (QED) is 0.875. The van der Waals surface area contributed by atoms with E-state index in [9.17, 15) is 4.79 Å². The fraction of sp³-hybridized carbons (Fsp3) is 0.750. The van der Waals surface area contributed by atoms with Crippen LogP contribution >= 0.6 is 12.4 Å². The van der Waals surface area contributed by atoms with Crippen molar-refractivity contribution < 1.29 is 9.53 Å². The fourth-order valence-corrected chi connectivity index (χ4v) is 3.33. The number of halogens is 1. The lowest BCUT2D eigenvalue weighted by molar-refractivity contribution is 0.00301. The molecule has 3 atom stereocenters. The maximum Gasteiger partial charge on any atom is 0.271 e. The number of nitrogens with one attached hydrogen (secondary N) is 2. The number of aromatic nitrogens is 2. The lowest BCUT2D eigenvalue weighted by Crippen LogP contribution is -2.35. The topological polar surface area (TPSA) is 68.2 Å². The van der Waals surface area contributed by atoms with Gasteiger partial charge in [0.05, 0.1) is 12.1 Å². The van der Waals surface area contributed by atoms with Gasteiger partial charge in [-0.15, -0.1) is 12.4 Å². The van der Waals surface area contributed by atoms with Crippen molar-refractivity contribution in [1.82, 2.24) is 20.4 Å². The van der Waals surface area contributed by atoms with E-state index < -0.39 is 0 Å². The molecular formula is C16H27ClN4O2. The summed E-state index contributed by atoms with van der Waals surface area (Å²) in [6, 6.07) is 2.18. The summed E-state index contributed by atoms with van der Waals surface area (Å²) in [7, 11) is 0. The molecule has 2 fully saturated rings. The van der Waals surface area contributed by atoms with E-state index in [1.54, 1.807) is 0 Å². The Kier molecular flexibility index (Phi) is 6.87. The summed E-state index contributed by atoms with van der Waals surface area (Å²) in [6.45, 7) is 5.61. The van der Waals surface area contributed by atoms with Crippen LogP contribution in [0.3, 0.4) is 0 Å². The second kappa shape index (κ2) is 8.66. The molecule has 0 aliphatic carbocycles. The average molecular weight is 343 g/mol. The van der Waals surface area contributed by atoms with Crippen LogP contribution in [0.25, 0.3) is 0 Å². The molecule has 2 N–H and O–H groups in total. The Balaban J connectivity index is 0.00000192. The number of rotatable bonds is 4. The predicted octanol–water partition coefficient (Wildman–Crippen LogP) is 1.77. The van der Waals surface area contributed by atoms with Crippen LogP contribution in [0, 0.1) is 5.92 Å². The molecule has 2 aliphatic rings. The normalized spacial score (nSPS) is 28.0. The van der Waals surface area contributed by atoms with Crippen molar-refractivity contribution >= 4 is 18.3 Å². The van der Waals surface area contributed by atoms with Crippen LogP contribution in [0.1, 0.15) is 49.1 Å². The molecule has 2 aliphatic heterocycles. The number of ether oxygens (including phenoxy) is 1. The number of carbonyl (C=O) groups excluding carboxylic acids is 1. The van der Waals surface area contributed by atoms with Gasteiger partial charge in [0.2, 0.25) is 0 Å². The Hall–Kier alpha value is -1.11. The maximum absolute atomic E-state index is 12.2. The van der Waals surface area contributed by atoms with Crippen molar-refractivity contribution in [2.24, 2.45) is 5.92 Å². The van der Waals surface area contributed by atoms with Gasteiger partial charge in [0.1, 0.15) is 5.69 Å². The smallest absolute Gasteiger partial charge is 0.271 e. The van der Waals surface area contributed by atoms with Gasteiger partial charge in [-0.1, -0.05) is 0 Å². The van der Waals surface area contributed by atoms with Crippen molar-refractivity contribution in [2.75, 3.05) is 26.2 Å². The fourth-order valence-electron chi connectivity index (χ4n) is 3.33. The minimum Gasteiger partial charge on any atom is -0.378 e. The van der Waals surface area contributed by atoms with Gasteiger partial charge in [-0.3, -0.25) is 9.48 Å². The highest BCUT2D eigenvalue weighted by Crippen LogP contribution is 2.19. The molecule has 1 aromatic heterocycles. The number of carbonyl (C=O) groups is 1. The molecule has 0 radical (unpaired) electrons. The van der Waals surface area contributed by atoms with Crippen molar-refractivity contribution in [3.8, 4) is 0 Å². The standard InChI is InChI=1S/C16H26N4O2.ClH/c1-12-9-13(5-8-22-12)10-18-16(21)15-4-7-20(19-15)14-3-2-6-17-11-14;/h4,7,12-14,17H,2-3,5-6,8-11H2,1H3,(H,18,21);1H. The Bertz CT molecular complexity index is 502. The van der Waals surface area contributed by atoms with E-state index in [2.05, 4.69) is 22.7 Å². The number of hydrogen-bond acceptors (Lipinski definition) is 4. The molecule has 1 aromatic rings. The largest absolute Gasteiger partial charge is 0.378 e. The predicted molar refractivity (Wildman–Crippen MR) is 91.1 cm³/mol. The summed E-state index contributed by atoms with van der Waals surface area (Å²) in [5, 5.41) is 10.8. The molecule has 3 unspecified atom stereocenters.